The Morgan fingerprint density at radius 2 is 1.74 bits per heavy atom. The first-order chi connectivity index (χ1) is 9.18. The van der Waals surface area contributed by atoms with E-state index < -0.39 is 0 Å². The quantitative estimate of drug-likeness (QED) is 0.828. The van der Waals surface area contributed by atoms with Gasteiger partial charge in [-0.2, -0.15) is 0 Å². The first-order valence-electron chi connectivity index (χ1n) is 7.37. The third-order valence-corrected chi connectivity index (χ3v) is 3.98. The number of nitrogens with zero attached hydrogens (tertiary/aromatic N) is 1. The minimum atomic E-state index is -0.386. The van der Waals surface area contributed by atoms with Crippen LogP contribution in [-0.2, 0) is 0 Å². The minimum absolute atomic E-state index is 0.386. The molecule has 19 heavy (non-hydrogen) atoms. The maximum atomic E-state index is 10.2. The summed E-state index contributed by atoms with van der Waals surface area (Å²) in [5, 5.41) is 10.2. The first-order valence-corrected chi connectivity index (χ1v) is 7.37. The van der Waals surface area contributed by atoms with Crippen LogP contribution in [0.5, 0.6) is 5.75 Å². The van der Waals surface area contributed by atoms with Crippen molar-refractivity contribution in [2.75, 3.05) is 33.3 Å². The summed E-state index contributed by atoms with van der Waals surface area (Å²) in [5.41, 5.74) is 0. The van der Waals surface area contributed by atoms with Gasteiger partial charge in [-0.1, -0.05) is 18.2 Å². The van der Waals surface area contributed by atoms with E-state index in [0.717, 1.165) is 16.8 Å². The average molecular weight is 264 g/mol. The highest BCUT2D eigenvalue weighted by atomic mass is 16.5. The summed E-state index contributed by atoms with van der Waals surface area (Å²) in [4.78, 5) is 0. The third-order valence-electron chi connectivity index (χ3n) is 3.98. The fraction of sp³-hybridized carbons (Fsp3) is 0.625. The van der Waals surface area contributed by atoms with Gasteiger partial charge in [-0.25, -0.2) is 0 Å². The van der Waals surface area contributed by atoms with Crippen LogP contribution in [0.15, 0.2) is 30.3 Å². The van der Waals surface area contributed by atoms with Crippen LogP contribution >= 0.6 is 0 Å². The van der Waals surface area contributed by atoms with Gasteiger partial charge in [0.25, 0.3) is 0 Å². The zero-order chi connectivity index (χ0) is 13.6. The van der Waals surface area contributed by atoms with E-state index in [1.807, 2.05) is 30.3 Å². The standard InChI is InChI=1S/C16H26NO2/c1-17(11-7-2-3-8-12-17)13-15(18)14-19-16-9-5-4-6-10-16/h4-6,9-10,15,18H,2-3,7-8,11-14H2,1H3/q+1. The largest absolute Gasteiger partial charge is 0.491 e. The number of hydrogen-bond acceptors (Lipinski definition) is 2. The van der Waals surface area contributed by atoms with E-state index in [4.69, 9.17) is 4.74 Å². The molecule has 1 unspecified atom stereocenters. The molecule has 106 valence electrons. The predicted octanol–water partition coefficient (Wildman–Crippen LogP) is 2.45. The molecule has 0 aromatic heterocycles. The van der Waals surface area contributed by atoms with Crippen molar-refractivity contribution >= 4 is 0 Å². The van der Waals surface area contributed by atoms with Gasteiger partial charge in [0.1, 0.15) is 25.0 Å². The zero-order valence-corrected chi connectivity index (χ0v) is 11.9. The molecule has 0 radical (unpaired) electrons. The van der Waals surface area contributed by atoms with Gasteiger partial charge in [0, 0.05) is 0 Å². The Bertz CT molecular complexity index is 358. The molecule has 1 aromatic rings. The number of para-hydroxylation sites is 1. The molecule has 0 saturated carbocycles. The number of aliphatic hydroxyl groups excluding tert-OH is 1. The van der Waals surface area contributed by atoms with E-state index in [0.29, 0.717) is 6.61 Å². The van der Waals surface area contributed by atoms with Gasteiger partial charge in [-0.15, -0.1) is 0 Å². The molecular weight excluding hydrogens is 238 g/mol. The topological polar surface area (TPSA) is 29.5 Å². The van der Waals surface area contributed by atoms with Crippen LogP contribution < -0.4 is 4.74 Å². The molecule has 1 aromatic carbocycles. The molecule has 0 amide bonds. The van der Waals surface area contributed by atoms with Crippen molar-refractivity contribution in [1.82, 2.24) is 0 Å². The second-order valence-corrected chi connectivity index (χ2v) is 5.94. The van der Waals surface area contributed by atoms with Crippen molar-refractivity contribution in [2.45, 2.75) is 31.8 Å². The molecule has 3 heteroatoms. The Kier molecular flexibility index (Phi) is 5.23. The van der Waals surface area contributed by atoms with Crippen LogP contribution in [-0.4, -0.2) is 49.0 Å². The van der Waals surface area contributed by atoms with Crippen LogP contribution in [0.3, 0.4) is 0 Å². The lowest BCUT2D eigenvalue weighted by molar-refractivity contribution is -0.911. The summed E-state index contributed by atoms with van der Waals surface area (Å²) >= 11 is 0. The lowest BCUT2D eigenvalue weighted by Gasteiger charge is -2.35. The van der Waals surface area contributed by atoms with Crippen LogP contribution in [0.25, 0.3) is 0 Å². The summed E-state index contributed by atoms with van der Waals surface area (Å²) in [6.07, 6.45) is 4.85. The number of likely N-dealkylation sites (tertiary alicyclic amines) is 1. The molecule has 0 aliphatic carbocycles. The number of hydrogen-bond donors (Lipinski definition) is 1. The first kappa shape index (κ1) is 14.4. The van der Waals surface area contributed by atoms with Gasteiger partial charge >= 0.3 is 0 Å². The smallest absolute Gasteiger partial charge is 0.137 e. The second kappa shape index (κ2) is 6.92. The number of aliphatic hydroxyl groups is 1. The Labute approximate surface area is 116 Å². The van der Waals surface area contributed by atoms with Crippen LogP contribution in [0.1, 0.15) is 25.7 Å². The monoisotopic (exact) mass is 264 g/mol. The molecule has 1 aliphatic rings. The third kappa shape index (κ3) is 4.84. The van der Waals surface area contributed by atoms with Gasteiger partial charge in [0.05, 0.1) is 20.1 Å². The Hall–Kier alpha value is -1.06. The molecule has 0 spiro atoms. The number of quaternary nitrogens is 1. The molecule has 1 heterocycles. The van der Waals surface area contributed by atoms with Crippen LogP contribution in [0, 0.1) is 0 Å². The highest BCUT2D eigenvalue weighted by Gasteiger charge is 2.26. The summed E-state index contributed by atoms with van der Waals surface area (Å²) in [6.45, 7) is 3.55. The Balaban J connectivity index is 1.78. The lowest BCUT2D eigenvalue weighted by atomic mass is 10.2. The van der Waals surface area contributed by atoms with Gasteiger partial charge in [0.2, 0.25) is 0 Å². The summed E-state index contributed by atoms with van der Waals surface area (Å²) in [5.74, 6) is 0.833. The van der Waals surface area contributed by atoms with Crippen molar-refractivity contribution < 1.29 is 14.3 Å². The van der Waals surface area contributed by atoms with Gasteiger partial charge in [0.15, 0.2) is 0 Å². The Morgan fingerprint density at radius 3 is 2.37 bits per heavy atom. The molecule has 1 aliphatic heterocycles. The SMILES string of the molecule is C[N+]1(CC(O)COc2ccccc2)CCCCCC1. The molecule has 0 bridgehead atoms. The summed E-state index contributed by atoms with van der Waals surface area (Å²) in [6, 6.07) is 9.71. The average Bonchev–Trinajstić information content (AvgIpc) is 2.62. The normalized spacial score (nSPS) is 20.5. The Morgan fingerprint density at radius 1 is 1.11 bits per heavy atom. The number of benzene rings is 1. The van der Waals surface area contributed by atoms with Crippen LogP contribution in [0.4, 0.5) is 0 Å². The van der Waals surface area contributed by atoms with Crippen molar-refractivity contribution in [1.29, 1.82) is 0 Å². The molecular formula is C16H26NO2+. The van der Waals surface area contributed by atoms with Gasteiger partial charge in [-0.05, 0) is 37.8 Å². The maximum absolute atomic E-state index is 10.2. The van der Waals surface area contributed by atoms with Crippen molar-refractivity contribution in [3.8, 4) is 5.75 Å². The highest BCUT2D eigenvalue weighted by molar-refractivity contribution is 5.20. The van der Waals surface area contributed by atoms with E-state index >= 15 is 0 Å². The molecule has 1 fully saturated rings. The van der Waals surface area contributed by atoms with Crippen molar-refractivity contribution in [2.24, 2.45) is 0 Å². The molecule has 2 rings (SSSR count). The van der Waals surface area contributed by atoms with Crippen molar-refractivity contribution in [3.63, 3.8) is 0 Å². The zero-order valence-electron chi connectivity index (χ0n) is 11.9. The molecule has 3 nitrogen and oxygen atoms in total. The summed E-state index contributed by atoms with van der Waals surface area (Å²) < 4.78 is 6.61. The van der Waals surface area contributed by atoms with E-state index in [2.05, 4.69) is 7.05 Å². The number of likely N-dealkylation sites (N-methyl/N-ethyl adjacent to an activating group) is 1. The number of ether oxygens (including phenoxy) is 1. The van der Waals surface area contributed by atoms with E-state index in [9.17, 15) is 5.11 Å². The number of rotatable bonds is 5. The summed E-state index contributed by atoms with van der Waals surface area (Å²) in [7, 11) is 2.26. The van der Waals surface area contributed by atoms with Gasteiger partial charge in [-0.3, -0.25) is 0 Å². The van der Waals surface area contributed by atoms with E-state index in [1.54, 1.807) is 0 Å². The van der Waals surface area contributed by atoms with Crippen LogP contribution in [0.2, 0.25) is 0 Å². The lowest BCUT2D eigenvalue weighted by Crippen LogP contribution is -2.50. The van der Waals surface area contributed by atoms with Crippen molar-refractivity contribution in [3.05, 3.63) is 30.3 Å². The molecule has 1 atom stereocenters. The molecule has 1 N–H and O–H groups in total. The predicted molar refractivity (Wildman–Crippen MR) is 77.2 cm³/mol. The van der Waals surface area contributed by atoms with E-state index in [1.165, 1.54) is 38.8 Å². The maximum Gasteiger partial charge on any atom is 0.137 e. The van der Waals surface area contributed by atoms with Gasteiger partial charge < -0.3 is 14.3 Å². The van der Waals surface area contributed by atoms with E-state index in [-0.39, 0.29) is 6.10 Å². The highest BCUT2D eigenvalue weighted by Crippen LogP contribution is 2.17. The molecule has 1 saturated heterocycles. The fourth-order valence-electron chi connectivity index (χ4n) is 2.91. The minimum Gasteiger partial charge on any atom is -0.491 e. The fourth-order valence-corrected chi connectivity index (χ4v) is 2.91. The second-order valence-electron chi connectivity index (χ2n) is 5.94.